The fourth-order valence-corrected chi connectivity index (χ4v) is 2.03. The van der Waals surface area contributed by atoms with Crippen molar-refractivity contribution in [2.45, 2.75) is 19.4 Å². The van der Waals surface area contributed by atoms with Gasteiger partial charge in [0.1, 0.15) is 0 Å². The van der Waals surface area contributed by atoms with Gasteiger partial charge in [-0.25, -0.2) is 0 Å². The molecular weight excluding hydrogens is 270 g/mol. The number of benzene rings is 2. The Kier molecular flexibility index (Phi) is 6.99. The van der Waals surface area contributed by atoms with E-state index in [-0.39, 0.29) is 24.2 Å². The molecule has 0 aliphatic rings. The minimum Gasteiger partial charge on any atom is -0.307 e. The van der Waals surface area contributed by atoms with Crippen LogP contribution in [0.3, 0.4) is 0 Å². The molecule has 0 saturated heterocycles. The summed E-state index contributed by atoms with van der Waals surface area (Å²) in [6.45, 7) is 2.49. The number of hydrogen-bond donors (Lipinski definition) is 1. The van der Waals surface area contributed by atoms with Crippen molar-refractivity contribution in [2.75, 3.05) is 6.54 Å². The van der Waals surface area contributed by atoms with E-state index >= 15 is 0 Å². The molecule has 2 aromatic carbocycles. The Balaban J connectivity index is 0.00000200. The number of halogens is 1. The lowest BCUT2D eigenvalue weighted by Crippen LogP contribution is -2.33. The fraction of sp³-hybridized carbons (Fsp3) is 0.235. The monoisotopic (exact) mass is 289 g/mol. The first-order valence-corrected chi connectivity index (χ1v) is 6.61. The van der Waals surface area contributed by atoms with Crippen LogP contribution in [0.15, 0.2) is 60.7 Å². The van der Waals surface area contributed by atoms with Gasteiger partial charge in [0.05, 0.1) is 6.54 Å². The van der Waals surface area contributed by atoms with E-state index in [1.807, 2.05) is 48.5 Å². The predicted molar refractivity (Wildman–Crippen MR) is 85.6 cm³/mol. The molecule has 2 rings (SSSR count). The van der Waals surface area contributed by atoms with Crippen molar-refractivity contribution < 1.29 is 4.79 Å². The van der Waals surface area contributed by atoms with Gasteiger partial charge in [-0.1, -0.05) is 60.7 Å². The van der Waals surface area contributed by atoms with Crippen molar-refractivity contribution >= 4 is 18.2 Å². The van der Waals surface area contributed by atoms with Crippen LogP contribution >= 0.6 is 12.4 Å². The summed E-state index contributed by atoms with van der Waals surface area (Å²) in [5, 5.41) is 3.28. The first kappa shape index (κ1) is 16.4. The molecule has 3 heteroatoms. The second-order valence-electron chi connectivity index (χ2n) is 4.76. The summed E-state index contributed by atoms with van der Waals surface area (Å²) in [7, 11) is 0. The first-order valence-electron chi connectivity index (χ1n) is 6.61. The third kappa shape index (κ3) is 5.16. The summed E-state index contributed by atoms with van der Waals surface area (Å²) in [6.07, 6.45) is 0.933. The van der Waals surface area contributed by atoms with E-state index in [9.17, 15) is 4.79 Å². The minimum absolute atomic E-state index is 0. The van der Waals surface area contributed by atoms with Crippen molar-refractivity contribution in [3.63, 3.8) is 0 Å². The molecule has 1 N–H and O–H groups in total. The van der Waals surface area contributed by atoms with E-state index in [0.29, 0.717) is 6.54 Å². The summed E-state index contributed by atoms with van der Waals surface area (Å²) < 4.78 is 0. The lowest BCUT2D eigenvalue weighted by atomic mass is 10.1. The topological polar surface area (TPSA) is 29.1 Å². The molecule has 0 saturated carbocycles. The molecule has 0 spiro atoms. The molecule has 106 valence electrons. The van der Waals surface area contributed by atoms with Crippen LogP contribution in [0.25, 0.3) is 0 Å². The van der Waals surface area contributed by atoms with E-state index in [4.69, 9.17) is 0 Å². The molecule has 0 fully saturated rings. The number of nitrogens with one attached hydrogen (secondary N) is 1. The maximum atomic E-state index is 11.9. The number of rotatable bonds is 6. The zero-order chi connectivity index (χ0) is 13.5. The van der Waals surface area contributed by atoms with Crippen LogP contribution in [0.5, 0.6) is 0 Å². The van der Waals surface area contributed by atoms with Gasteiger partial charge in [-0.2, -0.15) is 0 Å². The largest absolute Gasteiger partial charge is 0.307 e. The maximum Gasteiger partial charge on any atom is 0.176 e. The minimum atomic E-state index is 0. The van der Waals surface area contributed by atoms with Gasteiger partial charge in [0.15, 0.2) is 5.78 Å². The molecule has 0 aliphatic heterocycles. The third-order valence-electron chi connectivity index (χ3n) is 3.09. The highest BCUT2D eigenvalue weighted by molar-refractivity contribution is 5.97. The lowest BCUT2D eigenvalue weighted by molar-refractivity contribution is 0.0988. The zero-order valence-corrected chi connectivity index (χ0v) is 12.4. The summed E-state index contributed by atoms with van der Waals surface area (Å²) in [5.74, 6) is 0.139. The summed E-state index contributed by atoms with van der Waals surface area (Å²) in [6, 6.07) is 20.0. The summed E-state index contributed by atoms with van der Waals surface area (Å²) in [4.78, 5) is 11.9. The smallest absolute Gasteiger partial charge is 0.176 e. The number of carbonyl (C=O) groups excluding carboxylic acids is 1. The lowest BCUT2D eigenvalue weighted by Gasteiger charge is -2.13. The van der Waals surface area contributed by atoms with Gasteiger partial charge < -0.3 is 5.32 Å². The molecule has 0 radical (unpaired) electrons. The molecule has 2 nitrogen and oxygen atoms in total. The highest BCUT2D eigenvalue weighted by Crippen LogP contribution is 2.03. The molecule has 20 heavy (non-hydrogen) atoms. The average Bonchev–Trinajstić information content (AvgIpc) is 2.47. The van der Waals surface area contributed by atoms with Crippen molar-refractivity contribution in [3.8, 4) is 0 Å². The average molecular weight is 290 g/mol. The van der Waals surface area contributed by atoms with Gasteiger partial charge in [0.25, 0.3) is 0 Å². The molecule has 0 amide bonds. The zero-order valence-electron chi connectivity index (χ0n) is 11.6. The van der Waals surface area contributed by atoms with Crippen LogP contribution in [0.1, 0.15) is 22.8 Å². The second kappa shape index (κ2) is 8.51. The van der Waals surface area contributed by atoms with Crippen LogP contribution in [-0.2, 0) is 6.42 Å². The number of carbonyl (C=O) groups is 1. The van der Waals surface area contributed by atoms with Crippen LogP contribution in [0.4, 0.5) is 0 Å². The van der Waals surface area contributed by atoms with Crippen molar-refractivity contribution in [2.24, 2.45) is 0 Å². The van der Waals surface area contributed by atoms with E-state index in [1.54, 1.807) is 0 Å². The molecule has 0 aliphatic carbocycles. The van der Waals surface area contributed by atoms with Gasteiger partial charge in [-0.05, 0) is 18.9 Å². The Morgan fingerprint density at radius 1 is 1.00 bits per heavy atom. The van der Waals surface area contributed by atoms with Crippen molar-refractivity contribution in [3.05, 3.63) is 71.8 Å². The molecule has 0 aromatic heterocycles. The number of hydrogen-bond acceptors (Lipinski definition) is 2. The Morgan fingerprint density at radius 2 is 1.55 bits per heavy atom. The summed E-state index contributed by atoms with van der Waals surface area (Å²) in [5.41, 5.74) is 2.05. The van der Waals surface area contributed by atoms with E-state index in [0.717, 1.165) is 12.0 Å². The first-order chi connectivity index (χ1) is 9.25. The fourth-order valence-electron chi connectivity index (χ4n) is 2.03. The number of Topliss-reactive ketones (excluding diaryl/α,β-unsaturated/α-hetero) is 1. The standard InChI is InChI=1S/C17H19NO.ClH/c1-14(12-15-8-4-2-5-9-15)18-13-17(19)16-10-6-3-7-11-16;/h2-11,14,18H,12-13H2,1H3;1H/t14-;/m0./s1. The molecule has 0 unspecified atom stereocenters. The third-order valence-corrected chi connectivity index (χ3v) is 3.09. The quantitative estimate of drug-likeness (QED) is 0.825. The molecule has 0 bridgehead atoms. The van der Waals surface area contributed by atoms with Crippen LogP contribution < -0.4 is 5.32 Å². The van der Waals surface area contributed by atoms with E-state index in [2.05, 4.69) is 24.4 Å². The second-order valence-corrected chi connectivity index (χ2v) is 4.76. The molecular formula is C17H20ClNO. The Bertz CT molecular complexity index is 513. The Morgan fingerprint density at radius 3 is 2.15 bits per heavy atom. The number of ketones is 1. The van der Waals surface area contributed by atoms with E-state index in [1.165, 1.54) is 5.56 Å². The SMILES string of the molecule is C[C@@H](Cc1ccccc1)NCC(=O)c1ccccc1.Cl. The van der Waals surface area contributed by atoms with Gasteiger partial charge in [-0.3, -0.25) is 4.79 Å². The predicted octanol–water partition coefficient (Wildman–Crippen LogP) is 3.51. The van der Waals surface area contributed by atoms with Crippen LogP contribution in [0, 0.1) is 0 Å². The molecule has 1 atom stereocenters. The molecule has 0 heterocycles. The highest BCUT2D eigenvalue weighted by Gasteiger charge is 2.08. The van der Waals surface area contributed by atoms with Gasteiger partial charge in [0, 0.05) is 11.6 Å². The normalized spacial score (nSPS) is 11.4. The highest BCUT2D eigenvalue weighted by atomic mass is 35.5. The van der Waals surface area contributed by atoms with Crippen molar-refractivity contribution in [1.82, 2.24) is 5.32 Å². The van der Waals surface area contributed by atoms with Gasteiger partial charge in [-0.15, -0.1) is 12.4 Å². The van der Waals surface area contributed by atoms with Crippen LogP contribution in [-0.4, -0.2) is 18.4 Å². The van der Waals surface area contributed by atoms with Crippen molar-refractivity contribution in [1.29, 1.82) is 0 Å². The molecule has 2 aromatic rings. The summed E-state index contributed by atoms with van der Waals surface area (Å²) >= 11 is 0. The van der Waals surface area contributed by atoms with Gasteiger partial charge in [0.2, 0.25) is 0 Å². The van der Waals surface area contributed by atoms with Gasteiger partial charge >= 0.3 is 0 Å². The maximum absolute atomic E-state index is 11.9. The Hall–Kier alpha value is -1.64. The Labute approximate surface area is 126 Å². The van der Waals surface area contributed by atoms with Crippen LogP contribution in [0.2, 0.25) is 0 Å². The van der Waals surface area contributed by atoms with E-state index < -0.39 is 0 Å².